The van der Waals surface area contributed by atoms with Crippen molar-refractivity contribution in [3.8, 4) is 22.3 Å². The van der Waals surface area contributed by atoms with E-state index in [0.29, 0.717) is 0 Å². The third-order valence-electron chi connectivity index (χ3n) is 9.99. The Kier molecular flexibility index (Phi) is 10.1. The molecule has 0 aliphatic carbocycles. The van der Waals surface area contributed by atoms with Gasteiger partial charge in [-0.05, 0) is 76.5 Å². The van der Waals surface area contributed by atoms with Crippen LogP contribution in [0.1, 0.15) is 5.56 Å². The first-order valence-corrected chi connectivity index (χ1v) is 20.1. The smallest absolute Gasteiger partial charge is 0.199 e. The minimum Gasteiger partial charge on any atom is -0.356 e. The summed E-state index contributed by atoms with van der Waals surface area (Å²) in [4.78, 5) is 0. The molecule has 0 amide bonds. The van der Waals surface area contributed by atoms with Gasteiger partial charge in [-0.15, -0.1) is 0 Å². The quantitative estimate of drug-likeness (QED) is 0.105. The maximum atomic E-state index is 3.88. The van der Waals surface area contributed by atoms with Crippen LogP contribution in [0.2, 0.25) is 0 Å². The third-order valence-corrected chi connectivity index (χ3v) is 13.1. The molecule has 0 spiro atoms. The van der Waals surface area contributed by atoms with Gasteiger partial charge in [-0.25, -0.2) is 0 Å². The zero-order valence-corrected chi connectivity index (χ0v) is 31.1. The minimum atomic E-state index is -1.63. The Morgan fingerprint density at radius 3 is 1.17 bits per heavy atom. The molecule has 4 heteroatoms. The number of anilines is 4. The molecule has 8 aromatic carbocycles. The number of hydrogen-bond acceptors (Lipinski definition) is 2. The summed E-state index contributed by atoms with van der Waals surface area (Å²) >= 11 is 0. The molecule has 0 saturated carbocycles. The number of rotatable bonds is 11. The average molecular weight is 697 g/mol. The average Bonchev–Trinajstić information content (AvgIpc) is 3.22. The topological polar surface area (TPSA) is 24.1 Å². The molecular formula is C49H41BN2Si. The lowest BCUT2D eigenvalue weighted by molar-refractivity contribution is 1.46. The summed E-state index contributed by atoms with van der Waals surface area (Å²) in [7, 11) is -0.905. The molecule has 8 aromatic rings. The number of benzene rings is 8. The van der Waals surface area contributed by atoms with Crippen molar-refractivity contribution in [1.29, 1.82) is 0 Å². The SMILES string of the molecule is Cc1ccc(Nc2cccc(-c3ccccc3)c2Bc2c(Nc3ccc([SiH](c4ccccc4)c4ccccc4)cc3)cccc2-c2ccccc2)cc1. The van der Waals surface area contributed by atoms with Gasteiger partial charge in [-0.1, -0.05) is 191 Å². The highest BCUT2D eigenvalue weighted by Crippen LogP contribution is 2.26. The maximum absolute atomic E-state index is 3.88. The highest BCUT2D eigenvalue weighted by atomic mass is 28.3. The fourth-order valence-corrected chi connectivity index (χ4v) is 10.3. The lowest BCUT2D eigenvalue weighted by Crippen LogP contribution is -2.51. The van der Waals surface area contributed by atoms with Crippen LogP contribution in [0.3, 0.4) is 0 Å². The van der Waals surface area contributed by atoms with Gasteiger partial charge in [0, 0.05) is 22.7 Å². The monoisotopic (exact) mass is 696 g/mol. The fourth-order valence-electron chi connectivity index (χ4n) is 7.32. The third kappa shape index (κ3) is 7.79. The molecule has 0 heterocycles. The summed E-state index contributed by atoms with van der Waals surface area (Å²) < 4.78 is 0. The van der Waals surface area contributed by atoms with Crippen molar-refractivity contribution in [2.24, 2.45) is 0 Å². The molecule has 0 fully saturated rings. The van der Waals surface area contributed by atoms with Gasteiger partial charge < -0.3 is 10.6 Å². The predicted molar refractivity (Wildman–Crippen MR) is 233 cm³/mol. The van der Waals surface area contributed by atoms with Gasteiger partial charge >= 0.3 is 0 Å². The normalized spacial score (nSPS) is 10.9. The molecule has 0 atom stereocenters. The van der Waals surface area contributed by atoms with E-state index in [1.807, 2.05) is 0 Å². The van der Waals surface area contributed by atoms with E-state index in [-0.39, 0.29) is 0 Å². The summed E-state index contributed by atoms with van der Waals surface area (Å²) in [5, 5.41) is 11.9. The molecule has 2 N–H and O–H groups in total. The first-order valence-electron chi connectivity index (χ1n) is 18.3. The molecule has 0 aliphatic rings. The van der Waals surface area contributed by atoms with Crippen LogP contribution in [-0.4, -0.2) is 16.1 Å². The van der Waals surface area contributed by atoms with E-state index in [4.69, 9.17) is 0 Å². The second kappa shape index (κ2) is 15.9. The van der Waals surface area contributed by atoms with Gasteiger partial charge in [-0.2, -0.15) is 0 Å². The zero-order chi connectivity index (χ0) is 35.8. The van der Waals surface area contributed by atoms with Crippen LogP contribution in [0.15, 0.2) is 206 Å². The van der Waals surface area contributed by atoms with Crippen molar-refractivity contribution in [2.75, 3.05) is 10.6 Å². The van der Waals surface area contributed by atoms with E-state index in [0.717, 1.165) is 30.0 Å². The molecule has 2 nitrogen and oxygen atoms in total. The van der Waals surface area contributed by atoms with Gasteiger partial charge in [0.05, 0.1) is 0 Å². The molecule has 0 radical (unpaired) electrons. The number of nitrogens with one attached hydrogen (secondary N) is 2. The first kappa shape index (κ1) is 33.8. The van der Waals surface area contributed by atoms with Gasteiger partial charge in [-0.3, -0.25) is 0 Å². The molecule has 0 aromatic heterocycles. The first-order chi connectivity index (χ1) is 26.2. The molecular weight excluding hydrogens is 655 g/mol. The Labute approximate surface area is 315 Å². The van der Waals surface area contributed by atoms with Crippen molar-refractivity contribution in [2.45, 2.75) is 6.92 Å². The second-order valence-corrected chi connectivity index (χ2v) is 16.4. The van der Waals surface area contributed by atoms with Gasteiger partial charge in [0.15, 0.2) is 7.28 Å². The fraction of sp³-hybridized carbons (Fsp3) is 0.0204. The van der Waals surface area contributed by atoms with Crippen molar-refractivity contribution in [3.05, 3.63) is 212 Å². The Bertz CT molecular complexity index is 2360. The van der Waals surface area contributed by atoms with Crippen molar-refractivity contribution >= 4 is 65.3 Å². The summed E-state index contributed by atoms with van der Waals surface area (Å²) in [6.45, 7) is 2.13. The van der Waals surface area contributed by atoms with Gasteiger partial charge in [0.25, 0.3) is 0 Å². The van der Waals surface area contributed by atoms with Gasteiger partial charge in [0.2, 0.25) is 0 Å². The summed E-state index contributed by atoms with van der Waals surface area (Å²) in [6.07, 6.45) is 0. The molecule has 0 aliphatic heterocycles. The van der Waals surface area contributed by atoms with E-state index in [1.165, 1.54) is 54.3 Å². The summed E-state index contributed by atoms with van der Waals surface area (Å²) in [5.74, 6) is 0. The Morgan fingerprint density at radius 2 is 0.736 bits per heavy atom. The molecule has 0 saturated heterocycles. The number of hydrogen-bond donors (Lipinski definition) is 2. The predicted octanol–water partition coefficient (Wildman–Crippen LogP) is 8.45. The molecule has 0 bridgehead atoms. The van der Waals surface area contributed by atoms with Crippen LogP contribution in [0.4, 0.5) is 22.7 Å². The van der Waals surface area contributed by atoms with Crippen LogP contribution < -0.4 is 37.1 Å². The van der Waals surface area contributed by atoms with Crippen LogP contribution in [-0.2, 0) is 0 Å². The standard InChI is InChI=1S/C49H41BN2Si/c1-36-28-30-39(31-29-36)51-46-26-14-24-44(37-16-6-2-7-17-37)48(46)50-49-45(38-18-8-3-9-19-38)25-15-27-47(49)52-40-32-34-43(35-33-40)53(41-20-10-4-11-21-41)42-22-12-5-13-23-42/h2-35,50-53H,1H3. The Hall–Kier alpha value is -6.36. The molecule has 8 rings (SSSR count). The zero-order valence-electron chi connectivity index (χ0n) is 29.9. The molecule has 0 unspecified atom stereocenters. The van der Waals surface area contributed by atoms with Crippen molar-refractivity contribution in [3.63, 3.8) is 0 Å². The summed E-state index contributed by atoms with van der Waals surface area (Å²) in [6, 6.07) is 74.6. The summed E-state index contributed by atoms with van der Waals surface area (Å²) in [5.41, 5.74) is 12.9. The maximum Gasteiger partial charge on any atom is 0.199 e. The van der Waals surface area contributed by atoms with Crippen molar-refractivity contribution in [1.82, 2.24) is 0 Å². The molecule has 254 valence electrons. The highest BCUT2D eigenvalue weighted by molar-refractivity contribution is 6.95. The Balaban J connectivity index is 1.21. The lowest BCUT2D eigenvalue weighted by Gasteiger charge is -2.21. The van der Waals surface area contributed by atoms with Crippen LogP contribution in [0, 0.1) is 6.92 Å². The van der Waals surface area contributed by atoms with E-state index in [9.17, 15) is 0 Å². The molecule has 53 heavy (non-hydrogen) atoms. The largest absolute Gasteiger partial charge is 0.356 e. The van der Waals surface area contributed by atoms with E-state index in [1.54, 1.807) is 0 Å². The highest BCUT2D eigenvalue weighted by Gasteiger charge is 2.21. The lowest BCUT2D eigenvalue weighted by atomic mass is 9.58. The Morgan fingerprint density at radius 1 is 0.358 bits per heavy atom. The second-order valence-electron chi connectivity index (χ2n) is 13.6. The van der Waals surface area contributed by atoms with E-state index < -0.39 is 8.80 Å². The van der Waals surface area contributed by atoms with Gasteiger partial charge in [0.1, 0.15) is 8.80 Å². The van der Waals surface area contributed by atoms with Crippen LogP contribution >= 0.6 is 0 Å². The van der Waals surface area contributed by atoms with E-state index >= 15 is 0 Å². The number of aryl methyl sites for hydroxylation is 1. The van der Waals surface area contributed by atoms with E-state index in [2.05, 4.69) is 224 Å². The van der Waals surface area contributed by atoms with Crippen LogP contribution in [0.5, 0.6) is 0 Å². The minimum absolute atomic E-state index is 0.724. The van der Waals surface area contributed by atoms with Crippen molar-refractivity contribution < 1.29 is 0 Å². The van der Waals surface area contributed by atoms with Crippen LogP contribution in [0.25, 0.3) is 22.3 Å².